The predicted octanol–water partition coefficient (Wildman–Crippen LogP) is -3.66. The maximum atomic E-state index is 11.3. The van der Waals surface area contributed by atoms with Crippen molar-refractivity contribution in [2.75, 3.05) is 6.61 Å². The fourth-order valence-corrected chi connectivity index (χ4v) is 2.06. The number of aliphatic hydroxyl groups excluding tert-OH is 3. The van der Waals surface area contributed by atoms with Crippen molar-refractivity contribution in [1.82, 2.24) is 5.32 Å². The lowest BCUT2D eigenvalue weighted by molar-refractivity contribution is -0.287. The molecular weight excluding hydrogens is 290 g/mol. The zero-order valence-corrected chi connectivity index (χ0v) is 11.1. The van der Waals surface area contributed by atoms with Crippen LogP contribution in [0.3, 0.4) is 0 Å². The molecular formula is C11H17NO9. The predicted molar refractivity (Wildman–Crippen MR) is 63.8 cm³/mol. The fraction of sp³-hybridized carbons (Fsp3) is 0.727. The molecule has 21 heavy (non-hydrogen) atoms. The van der Waals surface area contributed by atoms with E-state index in [2.05, 4.69) is 5.32 Å². The Kier molecular flexibility index (Phi) is 5.36. The van der Waals surface area contributed by atoms with Crippen LogP contribution in [-0.2, 0) is 19.1 Å². The van der Waals surface area contributed by atoms with Gasteiger partial charge >= 0.3 is 5.97 Å². The van der Waals surface area contributed by atoms with Gasteiger partial charge < -0.3 is 35.6 Å². The van der Waals surface area contributed by atoms with E-state index in [4.69, 9.17) is 14.9 Å². The first-order chi connectivity index (χ1) is 9.62. The number of nitrogens with one attached hydrogen (secondary N) is 1. The number of aliphatic hydroxyl groups is 4. The molecule has 0 aliphatic carbocycles. The summed E-state index contributed by atoms with van der Waals surface area (Å²) in [6.45, 7) is 0.0391. The Balaban J connectivity index is 3.10. The Labute approximate surface area is 119 Å². The minimum absolute atomic E-state index is 0.628. The lowest BCUT2D eigenvalue weighted by atomic mass is 9.89. The van der Waals surface area contributed by atoms with Crippen LogP contribution >= 0.6 is 0 Å². The number of ketones is 1. The molecule has 1 fully saturated rings. The van der Waals surface area contributed by atoms with Crippen molar-refractivity contribution >= 4 is 17.7 Å². The van der Waals surface area contributed by atoms with Gasteiger partial charge in [-0.25, -0.2) is 4.79 Å². The fourth-order valence-electron chi connectivity index (χ4n) is 2.06. The lowest BCUT2D eigenvalue weighted by Crippen LogP contribution is -2.66. The number of hydrogen-bond donors (Lipinski definition) is 6. The average Bonchev–Trinajstić information content (AvgIpc) is 2.39. The first kappa shape index (κ1) is 17.5. The van der Waals surface area contributed by atoms with Crippen LogP contribution in [0.2, 0.25) is 0 Å². The molecule has 10 nitrogen and oxygen atoms in total. The molecule has 1 amide bonds. The molecule has 0 spiro atoms. The van der Waals surface area contributed by atoms with Gasteiger partial charge in [-0.05, 0) is 0 Å². The van der Waals surface area contributed by atoms with E-state index in [-0.39, 0.29) is 0 Å². The van der Waals surface area contributed by atoms with Gasteiger partial charge in [-0.2, -0.15) is 0 Å². The molecule has 10 heteroatoms. The summed E-state index contributed by atoms with van der Waals surface area (Å²) in [6, 6.07) is -1.33. The molecule has 0 saturated carbocycles. The van der Waals surface area contributed by atoms with Gasteiger partial charge in [0.2, 0.25) is 5.91 Å². The summed E-state index contributed by atoms with van der Waals surface area (Å²) in [5, 5.41) is 49.2. The van der Waals surface area contributed by atoms with Gasteiger partial charge in [0.25, 0.3) is 5.79 Å². The Morgan fingerprint density at radius 3 is 2.43 bits per heavy atom. The van der Waals surface area contributed by atoms with Crippen molar-refractivity contribution in [1.29, 1.82) is 0 Å². The normalized spacial score (nSPS) is 34.0. The van der Waals surface area contributed by atoms with Crippen molar-refractivity contribution in [3.8, 4) is 0 Å². The zero-order chi connectivity index (χ0) is 16.4. The number of carboxylic acid groups (broad SMARTS) is 1. The minimum Gasteiger partial charge on any atom is -0.477 e. The number of ether oxygens (including phenoxy) is 1. The minimum atomic E-state index is -2.82. The van der Waals surface area contributed by atoms with E-state index in [0.717, 1.165) is 6.92 Å². The quantitative estimate of drug-likeness (QED) is 0.299. The zero-order valence-electron chi connectivity index (χ0n) is 11.1. The van der Waals surface area contributed by atoms with Gasteiger partial charge in [0.1, 0.15) is 18.8 Å². The topological polar surface area (TPSA) is 174 Å². The van der Waals surface area contributed by atoms with E-state index >= 15 is 0 Å². The van der Waals surface area contributed by atoms with E-state index in [1.54, 1.807) is 0 Å². The highest BCUT2D eigenvalue weighted by Gasteiger charge is 2.53. The van der Waals surface area contributed by atoms with E-state index in [1.807, 2.05) is 0 Å². The standard InChI is InChI=1S/C11H17NO9/c1-4(14)12-7-5(15)2-11(20,10(18)19)21-9(7)8(17)6(16)3-13/h5,7-9,13,15,17,20H,2-3H2,1H3,(H,12,14)(H,18,19)/t5-,7+,8+,9+,11-/m0/s1. The summed E-state index contributed by atoms with van der Waals surface area (Å²) in [5.41, 5.74) is 0. The van der Waals surface area contributed by atoms with Gasteiger partial charge in [0.15, 0.2) is 5.78 Å². The highest BCUT2D eigenvalue weighted by atomic mass is 16.7. The maximum absolute atomic E-state index is 11.3. The lowest BCUT2D eigenvalue weighted by Gasteiger charge is -2.43. The molecule has 1 aliphatic heterocycles. The smallest absolute Gasteiger partial charge is 0.364 e. The summed E-state index contributed by atoms with van der Waals surface area (Å²) < 4.78 is 4.80. The largest absolute Gasteiger partial charge is 0.477 e. The van der Waals surface area contributed by atoms with Crippen LogP contribution in [0.15, 0.2) is 0 Å². The summed E-state index contributed by atoms with van der Waals surface area (Å²) in [6.07, 6.45) is -6.13. The third-order valence-electron chi connectivity index (χ3n) is 3.09. The van der Waals surface area contributed by atoms with Crippen LogP contribution < -0.4 is 5.32 Å². The Hall–Kier alpha value is -1.59. The van der Waals surface area contributed by atoms with Crippen LogP contribution in [0, 0.1) is 0 Å². The Morgan fingerprint density at radius 1 is 1.43 bits per heavy atom. The van der Waals surface area contributed by atoms with Crippen LogP contribution in [0.4, 0.5) is 0 Å². The first-order valence-electron chi connectivity index (χ1n) is 6.02. The third kappa shape index (κ3) is 3.74. The second kappa shape index (κ2) is 6.45. The second-order valence-electron chi connectivity index (χ2n) is 4.74. The van der Waals surface area contributed by atoms with Gasteiger partial charge in [-0.3, -0.25) is 9.59 Å². The SMILES string of the molecule is CC(=O)N[C@H]1[C@H]([C@H](O)C(=O)CO)O[C@](O)(C(=O)O)C[C@@H]1O. The number of Topliss-reactive ketones (excluding diaryl/α,β-unsaturated/α-hetero) is 1. The molecule has 0 aromatic rings. The molecule has 5 atom stereocenters. The van der Waals surface area contributed by atoms with E-state index in [1.165, 1.54) is 0 Å². The summed E-state index contributed by atoms with van der Waals surface area (Å²) in [4.78, 5) is 33.4. The summed E-state index contributed by atoms with van der Waals surface area (Å²) >= 11 is 0. The number of carbonyl (C=O) groups is 3. The monoisotopic (exact) mass is 307 g/mol. The molecule has 0 bridgehead atoms. The van der Waals surface area contributed by atoms with Crippen molar-refractivity contribution in [3.63, 3.8) is 0 Å². The molecule has 0 aromatic heterocycles. The Morgan fingerprint density at radius 2 is 2.00 bits per heavy atom. The molecule has 1 rings (SSSR count). The molecule has 1 heterocycles. The van der Waals surface area contributed by atoms with E-state index in [0.29, 0.717) is 0 Å². The van der Waals surface area contributed by atoms with Gasteiger partial charge in [0, 0.05) is 13.3 Å². The Bertz CT molecular complexity index is 439. The van der Waals surface area contributed by atoms with Crippen molar-refractivity contribution in [2.24, 2.45) is 0 Å². The third-order valence-corrected chi connectivity index (χ3v) is 3.09. The molecule has 6 N–H and O–H groups in total. The van der Waals surface area contributed by atoms with E-state index in [9.17, 15) is 29.7 Å². The molecule has 0 unspecified atom stereocenters. The highest BCUT2D eigenvalue weighted by Crippen LogP contribution is 2.29. The number of hydrogen-bond acceptors (Lipinski definition) is 8. The van der Waals surface area contributed by atoms with Crippen molar-refractivity contribution in [2.45, 2.75) is 43.5 Å². The first-order valence-corrected chi connectivity index (χ1v) is 6.02. The number of aliphatic carboxylic acids is 1. The van der Waals surface area contributed by atoms with E-state index < -0.39 is 60.8 Å². The van der Waals surface area contributed by atoms with Crippen molar-refractivity contribution in [3.05, 3.63) is 0 Å². The maximum Gasteiger partial charge on any atom is 0.364 e. The van der Waals surface area contributed by atoms with Crippen LogP contribution in [0.5, 0.6) is 0 Å². The molecule has 0 aromatic carbocycles. The molecule has 120 valence electrons. The second-order valence-corrected chi connectivity index (χ2v) is 4.74. The van der Waals surface area contributed by atoms with Crippen LogP contribution in [0.25, 0.3) is 0 Å². The van der Waals surface area contributed by atoms with Crippen molar-refractivity contribution < 1.29 is 44.7 Å². The number of rotatable bonds is 5. The van der Waals surface area contributed by atoms with Crippen LogP contribution in [-0.4, -0.2) is 79.9 Å². The summed E-state index contributed by atoms with van der Waals surface area (Å²) in [5.74, 6) is -6.39. The molecule has 1 aliphatic rings. The molecule has 1 saturated heterocycles. The number of amides is 1. The highest BCUT2D eigenvalue weighted by molar-refractivity contribution is 5.85. The van der Waals surface area contributed by atoms with Gasteiger partial charge in [0.05, 0.1) is 12.1 Å². The average molecular weight is 307 g/mol. The summed E-state index contributed by atoms with van der Waals surface area (Å²) in [7, 11) is 0. The van der Waals surface area contributed by atoms with Gasteiger partial charge in [-0.1, -0.05) is 0 Å². The van der Waals surface area contributed by atoms with Gasteiger partial charge in [-0.15, -0.1) is 0 Å². The number of carboxylic acids is 1. The van der Waals surface area contributed by atoms with Crippen LogP contribution in [0.1, 0.15) is 13.3 Å². The molecule has 0 radical (unpaired) electrons. The number of carbonyl (C=O) groups excluding carboxylic acids is 2.